The van der Waals surface area contributed by atoms with Gasteiger partial charge >= 0.3 is 0 Å². The number of ether oxygens (including phenoxy) is 2. The predicted octanol–water partition coefficient (Wildman–Crippen LogP) is 8.38. The van der Waals surface area contributed by atoms with Crippen molar-refractivity contribution in [1.29, 1.82) is 0 Å². The van der Waals surface area contributed by atoms with Gasteiger partial charge in [-0.05, 0) is 49.0 Å². The van der Waals surface area contributed by atoms with Crippen molar-refractivity contribution < 1.29 is 14.3 Å². The summed E-state index contributed by atoms with van der Waals surface area (Å²) in [5, 5.41) is 0. The molecule has 0 heterocycles. The van der Waals surface area contributed by atoms with Gasteiger partial charge in [-0.1, -0.05) is 104 Å². The van der Waals surface area contributed by atoms with Crippen molar-refractivity contribution in [2.24, 2.45) is 16.8 Å². The highest BCUT2D eigenvalue weighted by Gasteiger charge is 2.09. The second-order valence-corrected chi connectivity index (χ2v) is 10.2. The lowest BCUT2D eigenvalue weighted by Gasteiger charge is -2.10. The summed E-state index contributed by atoms with van der Waals surface area (Å²) in [4.78, 5) is 17.6. The smallest absolute Gasteiger partial charge is 0.155 e. The number of nitrogens with zero attached hydrogens (tertiary/aromatic N) is 1. The van der Waals surface area contributed by atoms with Crippen molar-refractivity contribution in [3.63, 3.8) is 0 Å². The molecule has 0 unspecified atom stereocenters. The first-order valence-corrected chi connectivity index (χ1v) is 13.8. The molecule has 3 rings (SSSR count). The van der Waals surface area contributed by atoms with Crippen LogP contribution in [0.5, 0.6) is 11.5 Å². The largest absolute Gasteiger partial charge is 0.497 e. The highest BCUT2D eigenvalue weighted by molar-refractivity contribution is 6.12. The number of allylic oxidation sites excluding steroid dienone is 4. The molecule has 4 nitrogen and oxygen atoms in total. The zero-order chi connectivity index (χ0) is 28.7. The monoisotopic (exact) mass is 535 g/mol. The van der Waals surface area contributed by atoms with Gasteiger partial charge in [0, 0.05) is 30.2 Å². The van der Waals surface area contributed by atoms with Gasteiger partial charge in [0.15, 0.2) is 5.78 Å². The zero-order valence-corrected chi connectivity index (χ0v) is 24.3. The topological polar surface area (TPSA) is 47.9 Å². The minimum atomic E-state index is 0.153. The summed E-state index contributed by atoms with van der Waals surface area (Å²) >= 11 is 0. The molecular weight excluding hydrogens is 494 g/mol. The Balaban J connectivity index is 1.52. The van der Waals surface area contributed by atoms with E-state index in [4.69, 9.17) is 14.5 Å². The van der Waals surface area contributed by atoms with Crippen LogP contribution >= 0.6 is 0 Å². The van der Waals surface area contributed by atoms with Crippen LogP contribution in [0.1, 0.15) is 50.3 Å². The normalized spacial score (nSPS) is 13.3. The van der Waals surface area contributed by atoms with E-state index in [1.165, 1.54) is 0 Å². The fourth-order valence-corrected chi connectivity index (χ4v) is 4.21. The number of carbonyl (C=O) groups is 1. The Kier molecular flexibility index (Phi) is 12.2. The third kappa shape index (κ3) is 10.2. The van der Waals surface area contributed by atoms with E-state index < -0.39 is 0 Å². The van der Waals surface area contributed by atoms with Crippen molar-refractivity contribution in [3.8, 4) is 11.5 Å². The highest BCUT2D eigenvalue weighted by atomic mass is 16.5. The molecule has 3 aromatic carbocycles. The van der Waals surface area contributed by atoms with E-state index >= 15 is 0 Å². The number of methoxy groups -OCH3 is 2. The third-order valence-electron chi connectivity index (χ3n) is 6.55. The van der Waals surface area contributed by atoms with Crippen LogP contribution in [0.2, 0.25) is 0 Å². The van der Waals surface area contributed by atoms with Gasteiger partial charge < -0.3 is 9.47 Å². The van der Waals surface area contributed by atoms with E-state index in [9.17, 15) is 4.79 Å². The van der Waals surface area contributed by atoms with Gasteiger partial charge in [-0.3, -0.25) is 9.79 Å². The molecule has 0 radical (unpaired) electrons. The van der Waals surface area contributed by atoms with Crippen molar-refractivity contribution in [3.05, 3.63) is 125 Å². The third-order valence-corrected chi connectivity index (χ3v) is 6.55. The van der Waals surface area contributed by atoms with Gasteiger partial charge in [0.05, 0.1) is 19.9 Å². The van der Waals surface area contributed by atoms with Crippen LogP contribution in [0.25, 0.3) is 6.08 Å². The van der Waals surface area contributed by atoms with Crippen LogP contribution in [0, 0.1) is 11.8 Å². The molecule has 40 heavy (non-hydrogen) atoms. The number of ketones is 1. The van der Waals surface area contributed by atoms with Crippen LogP contribution in [0.15, 0.2) is 114 Å². The molecule has 0 spiro atoms. The summed E-state index contributed by atoms with van der Waals surface area (Å²) in [6.45, 7) is 6.90. The summed E-state index contributed by atoms with van der Waals surface area (Å²) < 4.78 is 10.7. The van der Waals surface area contributed by atoms with Crippen molar-refractivity contribution >= 4 is 17.6 Å². The zero-order valence-electron chi connectivity index (χ0n) is 24.3. The summed E-state index contributed by atoms with van der Waals surface area (Å²) in [5.41, 5.74) is 5.32. The Labute approximate surface area is 239 Å². The van der Waals surface area contributed by atoms with Crippen LogP contribution in [0.3, 0.4) is 0 Å². The van der Waals surface area contributed by atoms with E-state index in [1.54, 1.807) is 20.3 Å². The number of benzene rings is 3. The van der Waals surface area contributed by atoms with E-state index in [2.05, 4.69) is 57.2 Å². The molecule has 0 aliphatic carbocycles. The van der Waals surface area contributed by atoms with Gasteiger partial charge in [-0.2, -0.15) is 0 Å². The minimum absolute atomic E-state index is 0.153. The Morgan fingerprint density at radius 2 is 1.43 bits per heavy atom. The molecule has 0 saturated carbocycles. The van der Waals surface area contributed by atoms with Gasteiger partial charge in [0.25, 0.3) is 0 Å². The van der Waals surface area contributed by atoms with Crippen LogP contribution in [-0.4, -0.2) is 32.3 Å². The lowest BCUT2D eigenvalue weighted by Crippen LogP contribution is -2.07. The molecule has 3 aromatic rings. The van der Waals surface area contributed by atoms with Gasteiger partial charge in [-0.15, -0.1) is 0 Å². The predicted molar refractivity (Wildman–Crippen MR) is 167 cm³/mol. The molecule has 0 aromatic heterocycles. The highest BCUT2D eigenvalue weighted by Crippen LogP contribution is 2.24. The number of carbonyl (C=O) groups excluding carboxylic acids is 1. The number of rotatable bonds is 14. The van der Waals surface area contributed by atoms with Crippen LogP contribution in [-0.2, 0) is 4.79 Å². The molecular formula is C36H41NO3. The van der Waals surface area contributed by atoms with Gasteiger partial charge in [0.1, 0.15) is 11.5 Å². The van der Waals surface area contributed by atoms with Crippen molar-refractivity contribution in [2.75, 3.05) is 20.8 Å². The molecule has 2 atom stereocenters. The average Bonchev–Trinajstić information content (AvgIpc) is 2.98. The minimum Gasteiger partial charge on any atom is -0.497 e. The second-order valence-electron chi connectivity index (χ2n) is 10.2. The first-order chi connectivity index (χ1) is 19.4. The average molecular weight is 536 g/mol. The molecule has 208 valence electrons. The number of hydrogen-bond acceptors (Lipinski definition) is 4. The molecule has 0 N–H and O–H groups in total. The molecule has 0 fully saturated rings. The standard InChI is InChI=1S/C36H41NO3/c1-27(18-20-30-23-34(39-4)25-35(24-30)40-5)16-17-28(2)22-33(38)21-19-29(3)26-37-36(31-12-8-6-9-13-31)32-14-10-7-11-15-32/h6-16,18-21,23-25,28-29H,17,22,26H2,1-5H3/b20-18+,21-19-,27-16+/t28-,29-/m1/s1. The summed E-state index contributed by atoms with van der Waals surface area (Å²) in [5.74, 6) is 2.09. The quantitative estimate of drug-likeness (QED) is 0.118. The summed E-state index contributed by atoms with van der Waals surface area (Å²) in [7, 11) is 3.29. The van der Waals surface area contributed by atoms with E-state index in [0.717, 1.165) is 45.9 Å². The molecule has 0 amide bonds. The first kappa shape index (κ1) is 30.4. The van der Waals surface area contributed by atoms with Gasteiger partial charge in [-0.25, -0.2) is 0 Å². The molecule has 0 bridgehead atoms. The maximum absolute atomic E-state index is 12.6. The lowest BCUT2D eigenvalue weighted by atomic mass is 9.98. The van der Waals surface area contributed by atoms with Gasteiger partial charge in [0.2, 0.25) is 0 Å². The van der Waals surface area contributed by atoms with E-state index in [-0.39, 0.29) is 17.6 Å². The molecule has 0 saturated heterocycles. The first-order valence-electron chi connectivity index (χ1n) is 13.8. The molecule has 0 aliphatic heterocycles. The lowest BCUT2D eigenvalue weighted by molar-refractivity contribution is -0.115. The Hall–Kier alpha value is -4.18. The SMILES string of the molecule is COc1cc(/C=C/C(C)=C/C[C@@H](C)CC(=O)/C=C\[C@@H](C)CN=C(c2ccccc2)c2ccccc2)cc(OC)c1. The van der Waals surface area contributed by atoms with Crippen molar-refractivity contribution in [2.45, 2.75) is 33.6 Å². The fraction of sp³-hybridized carbons (Fsp3) is 0.278. The maximum Gasteiger partial charge on any atom is 0.155 e. The summed E-state index contributed by atoms with van der Waals surface area (Å²) in [6.07, 6.45) is 11.4. The summed E-state index contributed by atoms with van der Waals surface area (Å²) in [6, 6.07) is 26.3. The Morgan fingerprint density at radius 1 is 0.850 bits per heavy atom. The van der Waals surface area contributed by atoms with E-state index in [1.807, 2.05) is 66.7 Å². The fourth-order valence-electron chi connectivity index (χ4n) is 4.21. The number of hydrogen-bond donors (Lipinski definition) is 0. The van der Waals surface area contributed by atoms with E-state index in [0.29, 0.717) is 13.0 Å². The Bertz CT molecular complexity index is 1270. The van der Waals surface area contributed by atoms with Crippen LogP contribution in [0.4, 0.5) is 0 Å². The second kappa shape index (κ2) is 16.0. The molecule has 0 aliphatic rings. The number of aliphatic imine (C=N–C) groups is 1. The Morgan fingerprint density at radius 3 is 1.98 bits per heavy atom. The van der Waals surface area contributed by atoms with Crippen LogP contribution < -0.4 is 9.47 Å². The maximum atomic E-state index is 12.6. The van der Waals surface area contributed by atoms with Crippen molar-refractivity contribution in [1.82, 2.24) is 0 Å². The molecule has 4 heteroatoms.